The maximum absolute atomic E-state index is 5.35. The number of nitrogens with two attached hydrogens (primary N) is 1. The molecule has 0 spiro atoms. The molecule has 1 unspecified atom stereocenters. The number of hydrogen-bond acceptors (Lipinski definition) is 3. The predicted molar refractivity (Wildman–Crippen MR) is 44.8 cm³/mol. The zero-order valence-electron chi connectivity index (χ0n) is 7.22. The van der Waals surface area contributed by atoms with Gasteiger partial charge >= 0.3 is 0 Å². The van der Waals surface area contributed by atoms with Crippen molar-refractivity contribution in [1.82, 2.24) is 10.2 Å². The molecule has 3 nitrogen and oxygen atoms in total. The van der Waals surface area contributed by atoms with Crippen LogP contribution in [0.25, 0.3) is 0 Å². The number of hydrogen-bond donors (Lipinski definition) is 2. The summed E-state index contributed by atoms with van der Waals surface area (Å²) in [6, 6.07) is 0. The lowest BCUT2D eigenvalue weighted by atomic mass is 10.3. The molecule has 0 amide bonds. The lowest BCUT2D eigenvalue weighted by Gasteiger charge is -2.23. The first-order valence-electron chi connectivity index (χ1n) is 3.82. The lowest BCUT2D eigenvalue weighted by Crippen LogP contribution is -2.42. The third-order valence-electron chi connectivity index (χ3n) is 1.53. The van der Waals surface area contributed by atoms with Crippen molar-refractivity contribution < 1.29 is 0 Å². The molecule has 0 radical (unpaired) electrons. The van der Waals surface area contributed by atoms with Crippen molar-refractivity contribution in [1.29, 1.82) is 0 Å². The van der Waals surface area contributed by atoms with Gasteiger partial charge in [-0.2, -0.15) is 0 Å². The molecule has 0 aliphatic rings. The lowest BCUT2D eigenvalue weighted by molar-refractivity contribution is 0.241. The summed E-state index contributed by atoms with van der Waals surface area (Å²) in [5.41, 5.74) is 5.35. The molecule has 0 rings (SSSR count). The van der Waals surface area contributed by atoms with E-state index in [-0.39, 0.29) is 0 Å². The molecule has 1 atom stereocenters. The van der Waals surface area contributed by atoms with E-state index in [1.54, 1.807) is 0 Å². The Balaban J connectivity index is 3.40. The molecule has 0 aromatic rings. The highest BCUT2D eigenvalue weighted by Gasteiger charge is 2.04. The van der Waals surface area contributed by atoms with Crippen LogP contribution in [0.1, 0.15) is 13.3 Å². The number of rotatable bonds is 5. The average molecular weight is 145 g/mol. The first-order valence-corrected chi connectivity index (χ1v) is 3.82. The van der Waals surface area contributed by atoms with Gasteiger partial charge in [0.2, 0.25) is 0 Å². The van der Waals surface area contributed by atoms with Crippen LogP contribution in [0.5, 0.6) is 0 Å². The van der Waals surface area contributed by atoms with E-state index in [4.69, 9.17) is 5.73 Å². The molecule has 0 heterocycles. The minimum atomic E-state index is 0.476. The van der Waals surface area contributed by atoms with Crippen molar-refractivity contribution in [3.63, 3.8) is 0 Å². The van der Waals surface area contributed by atoms with Gasteiger partial charge in [0, 0.05) is 13.1 Å². The third kappa shape index (κ3) is 3.82. The van der Waals surface area contributed by atoms with Gasteiger partial charge in [0.1, 0.15) is 0 Å². The number of nitrogens with one attached hydrogen (secondary N) is 1. The Hall–Kier alpha value is -0.120. The Kier molecular flexibility index (Phi) is 5.58. The van der Waals surface area contributed by atoms with Crippen LogP contribution in [0, 0.1) is 0 Å². The molecular weight excluding hydrogens is 126 g/mol. The number of nitrogens with zero attached hydrogens (tertiary/aromatic N) is 1. The largest absolute Gasteiger partial charge is 0.329 e. The molecule has 0 bridgehead atoms. The van der Waals surface area contributed by atoms with Crippen LogP contribution in [0.3, 0.4) is 0 Å². The first kappa shape index (κ1) is 9.88. The van der Waals surface area contributed by atoms with Gasteiger partial charge in [0.15, 0.2) is 0 Å². The van der Waals surface area contributed by atoms with Crippen LogP contribution in [-0.4, -0.2) is 38.3 Å². The van der Waals surface area contributed by atoms with E-state index in [1.807, 2.05) is 0 Å². The first-order chi connectivity index (χ1) is 4.72. The zero-order valence-corrected chi connectivity index (χ0v) is 7.22. The maximum Gasteiger partial charge on any atom is 0.0589 e. The Morgan fingerprint density at radius 2 is 2.10 bits per heavy atom. The fourth-order valence-electron chi connectivity index (χ4n) is 0.942. The standard InChI is InChI=1S/C7H19N3/c1-4-7(10(2)3)9-6-5-8/h7,9H,4-6,8H2,1-3H3. The normalized spacial score (nSPS) is 14.1. The van der Waals surface area contributed by atoms with Crippen LogP contribution in [-0.2, 0) is 0 Å². The van der Waals surface area contributed by atoms with Crippen molar-refractivity contribution in [3.8, 4) is 0 Å². The van der Waals surface area contributed by atoms with Gasteiger partial charge in [0.05, 0.1) is 6.17 Å². The van der Waals surface area contributed by atoms with Crippen LogP contribution in [0.4, 0.5) is 0 Å². The Morgan fingerprint density at radius 3 is 2.40 bits per heavy atom. The summed E-state index contributed by atoms with van der Waals surface area (Å²) in [6.07, 6.45) is 1.59. The molecule has 0 saturated carbocycles. The second-order valence-corrected chi connectivity index (χ2v) is 2.63. The average Bonchev–Trinajstić information content (AvgIpc) is 1.89. The van der Waals surface area contributed by atoms with E-state index >= 15 is 0 Å². The van der Waals surface area contributed by atoms with Gasteiger partial charge in [-0.1, -0.05) is 6.92 Å². The van der Waals surface area contributed by atoms with Crippen molar-refractivity contribution in [2.45, 2.75) is 19.5 Å². The second-order valence-electron chi connectivity index (χ2n) is 2.63. The fraction of sp³-hybridized carbons (Fsp3) is 1.00. The van der Waals surface area contributed by atoms with E-state index in [9.17, 15) is 0 Å². The smallest absolute Gasteiger partial charge is 0.0589 e. The summed E-state index contributed by atoms with van der Waals surface area (Å²) in [7, 11) is 4.13. The summed E-state index contributed by atoms with van der Waals surface area (Å²) in [6.45, 7) is 3.77. The minimum Gasteiger partial charge on any atom is -0.329 e. The van der Waals surface area contributed by atoms with Crippen LogP contribution in [0.15, 0.2) is 0 Å². The van der Waals surface area contributed by atoms with Crippen molar-refractivity contribution in [2.75, 3.05) is 27.2 Å². The summed E-state index contributed by atoms with van der Waals surface area (Å²) >= 11 is 0. The molecule has 3 N–H and O–H groups in total. The second kappa shape index (κ2) is 5.65. The SMILES string of the molecule is CCC(NCCN)N(C)C. The summed E-state index contributed by atoms with van der Waals surface area (Å²) in [4.78, 5) is 2.16. The molecule has 3 heteroatoms. The van der Waals surface area contributed by atoms with Crippen molar-refractivity contribution in [2.24, 2.45) is 5.73 Å². The molecule has 0 aromatic heterocycles. The highest BCUT2D eigenvalue weighted by atomic mass is 15.2. The van der Waals surface area contributed by atoms with Gasteiger partial charge in [-0.15, -0.1) is 0 Å². The Morgan fingerprint density at radius 1 is 1.50 bits per heavy atom. The monoisotopic (exact) mass is 145 g/mol. The Bertz CT molecular complexity index is 73.3. The molecule has 10 heavy (non-hydrogen) atoms. The van der Waals surface area contributed by atoms with Gasteiger partial charge in [-0.05, 0) is 20.5 Å². The van der Waals surface area contributed by atoms with E-state index in [0.29, 0.717) is 12.7 Å². The molecular formula is C7H19N3. The Labute approximate surface area is 63.6 Å². The van der Waals surface area contributed by atoms with Crippen molar-refractivity contribution >= 4 is 0 Å². The van der Waals surface area contributed by atoms with Crippen LogP contribution < -0.4 is 11.1 Å². The maximum atomic E-state index is 5.35. The predicted octanol–water partition coefficient (Wildman–Crippen LogP) is -0.168. The van der Waals surface area contributed by atoms with E-state index in [0.717, 1.165) is 13.0 Å². The fourth-order valence-corrected chi connectivity index (χ4v) is 0.942. The summed E-state index contributed by atoms with van der Waals surface area (Å²) in [5, 5.41) is 3.32. The highest BCUT2D eigenvalue weighted by molar-refractivity contribution is 4.60. The molecule has 62 valence electrons. The summed E-state index contributed by atoms with van der Waals surface area (Å²) < 4.78 is 0. The topological polar surface area (TPSA) is 41.3 Å². The molecule has 0 fully saturated rings. The van der Waals surface area contributed by atoms with Gasteiger partial charge in [0.25, 0.3) is 0 Å². The minimum absolute atomic E-state index is 0.476. The van der Waals surface area contributed by atoms with E-state index in [2.05, 4.69) is 31.2 Å². The van der Waals surface area contributed by atoms with Gasteiger partial charge < -0.3 is 11.1 Å². The molecule has 0 aromatic carbocycles. The zero-order chi connectivity index (χ0) is 7.98. The molecule has 0 aliphatic carbocycles. The van der Waals surface area contributed by atoms with E-state index in [1.165, 1.54) is 0 Å². The quantitative estimate of drug-likeness (QED) is 0.528. The van der Waals surface area contributed by atoms with Gasteiger partial charge in [-0.3, -0.25) is 4.90 Å². The third-order valence-corrected chi connectivity index (χ3v) is 1.53. The molecule has 0 aliphatic heterocycles. The van der Waals surface area contributed by atoms with Crippen LogP contribution in [0.2, 0.25) is 0 Å². The van der Waals surface area contributed by atoms with E-state index < -0.39 is 0 Å². The van der Waals surface area contributed by atoms with Crippen molar-refractivity contribution in [3.05, 3.63) is 0 Å². The molecule has 0 saturated heterocycles. The highest BCUT2D eigenvalue weighted by Crippen LogP contribution is 1.92. The van der Waals surface area contributed by atoms with Crippen LogP contribution >= 0.6 is 0 Å². The van der Waals surface area contributed by atoms with Gasteiger partial charge in [-0.25, -0.2) is 0 Å². The summed E-state index contributed by atoms with van der Waals surface area (Å²) in [5.74, 6) is 0.